The van der Waals surface area contributed by atoms with Crippen LogP contribution in [0.2, 0.25) is 0 Å². The Bertz CT molecular complexity index is 624. The molecule has 0 saturated carbocycles. The van der Waals surface area contributed by atoms with Crippen molar-refractivity contribution in [1.29, 1.82) is 0 Å². The van der Waals surface area contributed by atoms with Gasteiger partial charge in [-0.05, 0) is 47.8 Å². The van der Waals surface area contributed by atoms with Crippen LogP contribution >= 0.6 is 0 Å². The number of carboxylic acids is 1. The third-order valence-electron chi connectivity index (χ3n) is 4.43. The van der Waals surface area contributed by atoms with Crippen LogP contribution in [0.1, 0.15) is 99.1 Å². The second kappa shape index (κ2) is 9.75. The van der Waals surface area contributed by atoms with Crippen LogP contribution in [0.4, 0.5) is 0 Å². The Balaban J connectivity index is 3.33. The summed E-state index contributed by atoms with van der Waals surface area (Å²) < 4.78 is 5.28. The number of carbonyl (C=O) groups is 2. The smallest absolute Gasteiger partial charge is 0.339 e. The number of carboxylic acid groups (broad SMARTS) is 1. The molecule has 1 N–H and O–H groups in total. The first-order valence-corrected chi connectivity index (χ1v) is 9.66. The molecule has 0 aliphatic carbocycles. The highest BCUT2D eigenvalue weighted by atomic mass is 16.5. The molecule has 0 spiro atoms. The largest absolute Gasteiger partial charge is 0.478 e. The number of rotatable bonds is 9. The van der Waals surface area contributed by atoms with E-state index in [4.69, 9.17) is 4.74 Å². The first kappa shape index (κ1) is 22.2. The molecule has 1 aromatic rings. The van der Waals surface area contributed by atoms with Crippen LogP contribution in [-0.4, -0.2) is 23.7 Å². The highest BCUT2D eigenvalue weighted by Crippen LogP contribution is 2.33. The van der Waals surface area contributed by atoms with Crippen molar-refractivity contribution >= 4 is 11.9 Å². The van der Waals surface area contributed by atoms with Gasteiger partial charge in [0.25, 0.3) is 0 Å². The molecule has 0 amide bonds. The van der Waals surface area contributed by atoms with E-state index in [2.05, 4.69) is 13.8 Å². The fourth-order valence-electron chi connectivity index (χ4n) is 3.19. The van der Waals surface area contributed by atoms with E-state index in [0.29, 0.717) is 12.5 Å². The first-order chi connectivity index (χ1) is 12.1. The van der Waals surface area contributed by atoms with Gasteiger partial charge < -0.3 is 9.84 Å². The molecule has 1 aromatic carbocycles. The Morgan fingerprint density at radius 3 is 2.31 bits per heavy atom. The number of esters is 1. The molecule has 0 heterocycles. The number of hydrogen-bond acceptors (Lipinski definition) is 3. The molecular weight excluding hydrogens is 328 g/mol. The maximum atomic E-state index is 12.5. The van der Waals surface area contributed by atoms with Gasteiger partial charge in [-0.2, -0.15) is 0 Å². The van der Waals surface area contributed by atoms with Crippen molar-refractivity contribution in [3.05, 3.63) is 34.4 Å². The van der Waals surface area contributed by atoms with E-state index in [1.807, 2.05) is 33.8 Å². The van der Waals surface area contributed by atoms with Crippen molar-refractivity contribution in [2.75, 3.05) is 6.61 Å². The highest BCUT2D eigenvalue weighted by molar-refractivity contribution is 6.04. The number of unbranched alkanes of at least 4 members (excludes halogenated alkanes) is 1. The Morgan fingerprint density at radius 2 is 1.81 bits per heavy atom. The van der Waals surface area contributed by atoms with Crippen LogP contribution in [0.3, 0.4) is 0 Å². The molecule has 0 fully saturated rings. The zero-order valence-electron chi connectivity index (χ0n) is 17.1. The van der Waals surface area contributed by atoms with Gasteiger partial charge in [0.05, 0.1) is 17.7 Å². The fourth-order valence-corrected chi connectivity index (χ4v) is 3.19. The van der Waals surface area contributed by atoms with Crippen LogP contribution in [0.5, 0.6) is 0 Å². The molecule has 0 aliphatic rings. The molecule has 0 unspecified atom stereocenters. The van der Waals surface area contributed by atoms with E-state index in [1.165, 1.54) is 0 Å². The highest BCUT2D eigenvalue weighted by Gasteiger charge is 2.30. The zero-order valence-corrected chi connectivity index (χ0v) is 17.1. The van der Waals surface area contributed by atoms with E-state index in [9.17, 15) is 14.7 Å². The minimum atomic E-state index is -1.07. The van der Waals surface area contributed by atoms with Gasteiger partial charge in [0.2, 0.25) is 0 Å². The van der Waals surface area contributed by atoms with Gasteiger partial charge in [-0.15, -0.1) is 0 Å². The van der Waals surface area contributed by atoms with Gasteiger partial charge in [0, 0.05) is 0 Å². The quantitative estimate of drug-likeness (QED) is 0.457. The van der Waals surface area contributed by atoms with Gasteiger partial charge in [0.15, 0.2) is 0 Å². The molecule has 1 rings (SSSR count). The van der Waals surface area contributed by atoms with Crippen molar-refractivity contribution in [2.45, 2.75) is 79.1 Å². The minimum Gasteiger partial charge on any atom is -0.478 e. The van der Waals surface area contributed by atoms with Crippen LogP contribution in [0, 0.1) is 5.92 Å². The second-order valence-corrected chi connectivity index (χ2v) is 8.35. The van der Waals surface area contributed by atoms with Crippen LogP contribution in [0.25, 0.3) is 0 Å². The number of aryl methyl sites for hydroxylation is 1. The normalized spacial score (nSPS) is 11.7. The van der Waals surface area contributed by atoms with E-state index >= 15 is 0 Å². The topological polar surface area (TPSA) is 63.6 Å². The molecule has 0 saturated heterocycles. The third kappa shape index (κ3) is 6.15. The maximum Gasteiger partial charge on any atom is 0.339 e. The summed E-state index contributed by atoms with van der Waals surface area (Å²) in [6.07, 6.45) is 4.60. The second-order valence-electron chi connectivity index (χ2n) is 8.35. The SMILES string of the molecule is CCCCOC(=O)c1ccc(CCCC(C)C)c(C(C)(C)C)c1C(=O)O. The van der Waals surface area contributed by atoms with Gasteiger partial charge >= 0.3 is 11.9 Å². The van der Waals surface area contributed by atoms with Gasteiger partial charge in [-0.1, -0.05) is 60.5 Å². The Hall–Kier alpha value is -1.84. The van der Waals surface area contributed by atoms with Crippen molar-refractivity contribution in [3.8, 4) is 0 Å². The lowest BCUT2D eigenvalue weighted by Gasteiger charge is -2.26. The molecule has 4 heteroatoms. The minimum absolute atomic E-state index is 0.0982. The average molecular weight is 363 g/mol. The predicted molar refractivity (Wildman–Crippen MR) is 105 cm³/mol. The molecule has 4 nitrogen and oxygen atoms in total. The summed E-state index contributed by atoms with van der Waals surface area (Å²) in [6.45, 7) is 12.7. The van der Waals surface area contributed by atoms with Gasteiger partial charge in [-0.25, -0.2) is 9.59 Å². The summed E-state index contributed by atoms with van der Waals surface area (Å²) in [5.41, 5.74) is 1.65. The summed E-state index contributed by atoms with van der Waals surface area (Å²) in [7, 11) is 0. The lowest BCUT2D eigenvalue weighted by Crippen LogP contribution is -2.23. The van der Waals surface area contributed by atoms with E-state index in [1.54, 1.807) is 6.07 Å². The predicted octanol–water partition coefficient (Wildman–Crippen LogP) is 5.62. The molecular formula is C22H34O4. The monoisotopic (exact) mass is 362 g/mol. The van der Waals surface area contributed by atoms with Gasteiger partial charge in [0.1, 0.15) is 0 Å². The Labute approximate surface area is 158 Å². The van der Waals surface area contributed by atoms with Crippen LogP contribution in [-0.2, 0) is 16.6 Å². The summed E-state index contributed by atoms with van der Waals surface area (Å²) in [6, 6.07) is 3.53. The Morgan fingerprint density at radius 1 is 1.15 bits per heavy atom. The molecule has 26 heavy (non-hydrogen) atoms. The van der Waals surface area contributed by atoms with Crippen molar-refractivity contribution in [2.24, 2.45) is 5.92 Å². The average Bonchev–Trinajstić information content (AvgIpc) is 2.52. The fraction of sp³-hybridized carbons (Fsp3) is 0.636. The Kier molecular flexibility index (Phi) is 8.32. The lowest BCUT2D eigenvalue weighted by atomic mass is 9.77. The molecule has 0 aromatic heterocycles. The summed E-state index contributed by atoms with van der Waals surface area (Å²) >= 11 is 0. The number of aromatic carboxylic acids is 1. The first-order valence-electron chi connectivity index (χ1n) is 9.66. The molecule has 146 valence electrons. The van der Waals surface area contributed by atoms with E-state index < -0.39 is 11.9 Å². The third-order valence-corrected chi connectivity index (χ3v) is 4.43. The lowest BCUT2D eigenvalue weighted by molar-refractivity contribution is 0.0488. The summed E-state index contributed by atoms with van der Waals surface area (Å²) in [4.78, 5) is 24.5. The maximum absolute atomic E-state index is 12.5. The molecule has 0 aliphatic heterocycles. The van der Waals surface area contributed by atoms with E-state index in [0.717, 1.165) is 43.2 Å². The molecule has 0 radical (unpaired) electrons. The van der Waals surface area contributed by atoms with Gasteiger partial charge in [-0.3, -0.25) is 0 Å². The summed E-state index contributed by atoms with van der Waals surface area (Å²) in [5, 5.41) is 9.86. The number of carbonyl (C=O) groups excluding carboxylic acids is 1. The van der Waals surface area contributed by atoms with Crippen molar-refractivity contribution in [1.82, 2.24) is 0 Å². The standard InChI is InChI=1S/C22H34O4/c1-7-8-14-26-21(25)17-13-12-16(11-9-10-15(2)3)19(22(4,5)6)18(17)20(23)24/h12-13,15H,7-11,14H2,1-6H3,(H,23,24). The molecule has 0 atom stereocenters. The zero-order chi connectivity index (χ0) is 19.9. The van der Waals surface area contributed by atoms with Crippen LogP contribution in [0.15, 0.2) is 12.1 Å². The number of benzene rings is 1. The van der Waals surface area contributed by atoms with E-state index in [-0.39, 0.29) is 16.5 Å². The molecule has 0 bridgehead atoms. The summed E-state index contributed by atoms with van der Waals surface area (Å²) in [5.74, 6) is -1.00. The van der Waals surface area contributed by atoms with Crippen molar-refractivity contribution < 1.29 is 19.4 Å². The van der Waals surface area contributed by atoms with Crippen molar-refractivity contribution in [3.63, 3.8) is 0 Å². The number of ether oxygens (including phenoxy) is 1. The number of hydrogen-bond donors (Lipinski definition) is 1. The van der Waals surface area contributed by atoms with Crippen LogP contribution < -0.4 is 0 Å².